The molecule has 0 saturated heterocycles. The molecule has 0 fully saturated rings. The van der Waals surface area contributed by atoms with Crippen molar-refractivity contribution in [1.29, 1.82) is 0 Å². The molecule has 1 aromatic rings. The van der Waals surface area contributed by atoms with E-state index in [0.717, 1.165) is 29.7 Å². The van der Waals surface area contributed by atoms with E-state index in [9.17, 15) is 4.79 Å². The number of methoxy groups -OCH3 is 1. The van der Waals surface area contributed by atoms with Crippen LogP contribution in [0.4, 0.5) is 0 Å². The van der Waals surface area contributed by atoms with Crippen molar-refractivity contribution in [1.82, 2.24) is 4.90 Å². The van der Waals surface area contributed by atoms with Gasteiger partial charge in [0.05, 0.1) is 12.6 Å². The maximum absolute atomic E-state index is 12.6. The number of hydrogen-bond donors (Lipinski definition) is 0. The lowest BCUT2D eigenvalue weighted by molar-refractivity contribution is 0.0678. The molecule has 0 spiro atoms. The van der Waals surface area contributed by atoms with Crippen molar-refractivity contribution in [3.05, 3.63) is 29.3 Å². The molecule has 0 bridgehead atoms. The van der Waals surface area contributed by atoms with Crippen LogP contribution in [0.2, 0.25) is 0 Å². The molecule has 1 aliphatic carbocycles. The fraction of sp³-hybridized carbons (Fsp3) is 0.500. The summed E-state index contributed by atoms with van der Waals surface area (Å²) in [6, 6.07) is 5.78. The van der Waals surface area contributed by atoms with Crippen LogP contribution in [-0.4, -0.2) is 37.4 Å². The fourth-order valence-corrected chi connectivity index (χ4v) is 2.32. The second kappa shape index (κ2) is 4.15. The van der Waals surface area contributed by atoms with E-state index in [1.54, 1.807) is 7.11 Å². The highest BCUT2D eigenvalue weighted by Crippen LogP contribution is 2.33. The Morgan fingerprint density at radius 3 is 2.65 bits per heavy atom. The average molecular weight is 233 g/mol. The minimum atomic E-state index is -0.390. The number of Topliss-reactive ketones (excluding diaryl/α,β-unsaturated/α-hetero) is 1. The van der Waals surface area contributed by atoms with Gasteiger partial charge >= 0.3 is 0 Å². The van der Waals surface area contributed by atoms with Crippen molar-refractivity contribution in [2.75, 3.05) is 21.2 Å². The number of benzene rings is 1. The molecular weight excluding hydrogens is 214 g/mol. The number of fused-ring (bicyclic) bond motifs is 1. The fourth-order valence-electron chi connectivity index (χ4n) is 2.32. The minimum absolute atomic E-state index is 0.197. The second-order valence-electron chi connectivity index (χ2n) is 5.02. The zero-order valence-corrected chi connectivity index (χ0v) is 10.9. The molecule has 1 aliphatic rings. The Kier molecular flexibility index (Phi) is 2.96. The minimum Gasteiger partial charge on any atom is -0.497 e. The monoisotopic (exact) mass is 233 g/mol. The first-order chi connectivity index (χ1) is 7.99. The Labute approximate surface area is 102 Å². The van der Waals surface area contributed by atoms with Gasteiger partial charge < -0.3 is 4.74 Å². The van der Waals surface area contributed by atoms with Gasteiger partial charge in [0.15, 0.2) is 5.78 Å². The molecule has 0 radical (unpaired) electrons. The van der Waals surface area contributed by atoms with Crippen LogP contribution in [0.5, 0.6) is 5.75 Å². The molecule has 1 aromatic carbocycles. The first kappa shape index (κ1) is 12.1. The van der Waals surface area contributed by atoms with Crippen LogP contribution >= 0.6 is 0 Å². The zero-order chi connectivity index (χ0) is 12.6. The molecule has 3 nitrogen and oxygen atoms in total. The highest BCUT2D eigenvalue weighted by Gasteiger charge is 2.40. The summed E-state index contributed by atoms with van der Waals surface area (Å²) < 4.78 is 5.19. The van der Waals surface area contributed by atoms with E-state index in [4.69, 9.17) is 4.74 Å². The quantitative estimate of drug-likeness (QED) is 0.784. The summed E-state index contributed by atoms with van der Waals surface area (Å²) in [7, 11) is 5.55. The van der Waals surface area contributed by atoms with Crippen LogP contribution < -0.4 is 4.74 Å². The molecule has 0 aliphatic heterocycles. The molecule has 0 N–H and O–H groups in total. The summed E-state index contributed by atoms with van der Waals surface area (Å²) in [5.74, 6) is 0.947. The van der Waals surface area contributed by atoms with E-state index < -0.39 is 0 Å². The number of ether oxygens (including phenoxy) is 1. The topological polar surface area (TPSA) is 29.5 Å². The van der Waals surface area contributed by atoms with Gasteiger partial charge in [0.25, 0.3) is 0 Å². The molecule has 3 heteroatoms. The van der Waals surface area contributed by atoms with Crippen molar-refractivity contribution >= 4 is 5.78 Å². The maximum atomic E-state index is 12.6. The number of carbonyl (C=O) groups excluding carboxylic acids is 1. The molecule has 0 heterocycles. The highest BCUT2D eigenvalue weighted by molar-refractivity contribution is 6.05. The smallest absolute Gasteiger partial charge is 0.183 e. The Hall–Kier alpha value is -1.35. The number of likely N-dealkylation sites (N-methyl/N-ethyl adjacent to an activating group) is 1. The lowest BCUT2D eigenvalue weighted by Gasteiger charge is -2.38. The summed E-state index contributed by atoms with van der Waals surface area (Å²) in [4.78, 5) is 14.6. The van der Waals surface area contributed by atoms with Gasteiger partial charge in [0.2, 0.25) is 0 Å². The zero-order valence-electron chi connectivity index (χ0n) is 10.9. The van der Waals surface area contributed by atoms with Crippen LogP contribution in [-0.2, 0) is 6.42 Å². The molecule has 2 rings (SSSR count). The molecule has 0 aromatic heterocycles. The molecular formula is C14H19NO2. The summed E-state index contributed by atoms with van der Waals surface area (Å²) in [6.07, 6.45) is 1.82. The van der Waals surface area contributed by atoms with Gasteiger partial charge in [-0.05, 0) is 51.6 Å². The van der Waals surface area contributed by atoms with E-state index >= 15 is 0 Å². The molecule has 1 unspecified atom stereocenters. The molecule has 17 heavy (non-hydrogen) atoms. The average Bonchev–Trinajstić information content (AvgIpc) is 2.33. The van der Waals surface area contributed by atoms with Crippen LogP contribution in [0.1, 0.15) is 29.3 Å². The number of aryl methyl sites for hydroxylation is 1. The lowest BCUT2D eigenvalue weighted by atomic mass is 9.77. The van der Waals surface area contributed by atoms with Crippen LogP contribution in [0.15, 0.2) is 18.2 Å². The van der Waals surface area contributed by atoms with E-state index in [1.807, 2.05) is 44.1 Å². The standard InChI is InChI=1S/C14H19NO2/c1-14(15(2)3)8-7-10-5-6-11(17-4)9-12(10)13(14)16/h5-6,9H,7-8H2,1-4H3. The van der Waals surface area contributed by atoms with Gasteiger partial charge in [-0.25, -0.2) is 0 Å². The predicted octanol–water partition coefficient (Wildman–Crippen LogP) is 2.14. The summed E-state index contributed by atoms with van der Waals surface area (Å²) >= 11 is 0. The van der Waals surface area contributed by atoms with Gasteiger partial charge in [-0.3, -0.25) is 9.69 Å². The van der Waals surface area contributed by atoms with E-state index in [-0.39, 0.29) is 11.3 Å². The SMILES string of the molecule is COc1ccc2c(c1)C(=O)C(C)(N(C)C)CC2. The lowest BCUT2D eigenvalue weighted by Crippen LogP contribution is -2.51. The van der Waals surface area contributed by atoms with E-state index in [0.29, 0.717) is 0 Å². The van der Waals surface area contributed by atoms with E-state index in [1.165, 1.54) is 0 Å². The van der Waals surface area contributed by atoms with Crippen LogP contribution in [0, 0.1) is 0 Å². The first-order valence-corrected chi connectivity index (χ1v) is 5.88. The van der Waals surface area contributed by atoms with Crippen LogP contribution in [0.3, 0.4) is 0 Å². The highest BCUT2D eigenvalue weighted by atomic mass is 16.5. The first-order valence-electron chi connectivity index (χ1n) is 5.88. The summed E-state index contributed by atoms with van der Waals surface area (Å²) in [5, 5.41) is 0. The van der Waals surface area contributed by atoms with Gasteiger partial charge in [-0.2, -0.15) is 0 Å². The van der Waals surface area contributed by atoms with Crippen molar-refractivity contribution in [3.8, 4) is 5.75 Å². The van der Waals surface area contributed by atoms with Crippen molar-refractivity contribution < 1.29 is 9.53 Å². The molecule has 0 amide bonds. The summed E-state index contributed by atoms with van der Waals surface area (Å²) in [6.45, 7) is 2.01. The molecule has 0 saturated carbocycles. The van der Waals surface area contributed by atoms with Crippen LogP contribution in [0.25, 0.3) is 0 Å². The van der Waals surface area contributed by atoms with Gasteiger partial charge in [-0.15, -0.1) is 0 Å². The summed E-state index contributed by atoms with van der Waals surface area (Å²) in [5.41, 5.74) is 1.56. The maximum Gasteiger partial charge on any atom is 0.183 e. The number of rotatable bonds is 2. The van der Waals surface area contributed by atoms with Gasteiger partial charge in [0.1, 0.15) is 5.75 Å². The largest absolute Gasteiger partial charge is 0.497 e. The van der Waals surface area contributed by atoms with Gasteiger partial charge in [0, 0.05) is 5.56 Å². The third-order valence-electron chi connectivity index (χ3n) is 3.92. The third kappa shape index (κ3) is 1.84. The van der Waals surface area contributed by atoms with Crippen molar-refractivity contribution in [2.24, 2.45) is 0 Å². The number of nitrogens with zero attached hydrogens (tertiary/aromatic N) is 1. The van der Waals surface area contributed by atoms with Crippen molar-refractivity contribution in [2.45, 2.75) is 25.3 Å². The second-order valence-corrected chi connectivity index (χ2v) is 5.02. The predicted molar refractivity (Wildman–Crippen MR) is 67.7 cm³/mol. The number of hydrogen-bond acceptors (Lipinski definition) is 3. The Morgan fingerprint density at radius 2 is 2.06 bits per heavy atom. The number of carbonyl (C=O) groups is 1. The van der Waals surface area contributed by atoms with Gasteiger partial charge in [-0.1, -0.05) is 6.07 Å². The Balaban J connectivity index is 2.47. The third-order valence-corrected chi connectivity index (χ3v) is 3.92. The Morgan fingerprint density at radius 1 is 1.35 bits per heavy atom. The van der Waals surface area contributed by atoms with Crippen molar-refractivity contribution in [3.63, 3.8) is 0 Å². The molecule has 92 valence electrons. The van der Waals surface area contributed by atoms with E-state index in [2.05, 4.69) is 0 Å². The normalized spacial score (nSPS) is 23.7. The number of ketones is 1. The Bertz CT molecular complexity index is 454. The molecule has 1 atom stereocenters.